The predicted octanol–water partition coefficient (Wildman–Crippen LogP) is 1.05. The maximum Gasteiger partial charge on any atom is 0.352 e. The van der Waals surface area contributed by atoms with Crippen LogP contribution in [0, 0.1) is 0 Å². The first-order chi connectivity index (χ1) is 10.7. The molecule has 0 aliphatic carbocycles. The lowest BCUT2D eigenvalue weighted by Crippen LogP contribution is -2.34. The summed E-state index contributed by atoms with van der Waals surface area (Å²) in [6, 6.07) is 5.52. The molecular weight excluding hydrogens is 333 g/mol. The minimum atomic E-state index is -4.34. The zero-order valence-electron chi connectivity index (χ0n) is 11.5. The number of nitrogens with zero attached hydrogens (tertiary/aromatic N) is 4. The Morgan fingerprint density at radius 2 is 1.96 bits per heavy atom. The normalized spacial score (nSPS) is 16.7. The largest absolute Gasteiger partial charge is 0.352 e. The third kappa shape index (κ3) is 2.88. The Labute approximate surface area is 128 Å². The van der Waals surface area contributed by atoms with Crippen LogP contribution < -0.4 is 4.90 Å². The number of fused-ring (bicyclic) bond motifs is 1. The third-order valence-electron chi connectivity index (χ3n) is 3.28. The molecule has 2 aromatic rings. The first-order valence-electron chi connectivity index (χ1n) is 6.41. The molecule has 23 heavy (non-hydrogen) atoms. The maximum absolute atomic E-state index is 14.0. The number of benzene rings is 1. The number of alkyl halides is 2. The van der Waals surface area contributed by atoms with Crippen LogP contribution in [0.25, 0.3) is 0 Å². The lowest BCUT2D eigenvalue weighted by atomic mass is 10.1. The number of rotatable bonds is 4. The Kier molecular flexibility index (Phi) is 3.55. The second-order valence-corrected chi connectivity index (χ2v) is 6.65. The van der Waals surface area contributed by atoms with Crippen LogP contribution in [0.15, 0.2) is 30.5 Å². The molecular formula is C12H11F2N4O4P. The summed E-state index contributed by atoms with van der Waals surface area (Å²) in [4.78, 5) is 30.5. The van der Waals surface area contributed by atoms with Crippen molar-refractivity contribution in [2.75, 3.05) is 4.90 Å². The van der Waals surface area contributed by atoms with E-state index in [9.17, 15) is 18.1 Å². The van der Waals surface area contributed by atoms with Gasteiger partial charge in [0.25, 0.3) is 0 Å². The summed E-state index contributed by atoms with van der Waals surface area (Å²) in [6.45, 7) is -0.271. The van der Waals surface area contributed by atoms with Gasteiger partial charge in [0.15, 0.2) is 0 Å². The molecule has 0 radical (unpaired) electrons. The van der Waals surface area contributed by atoms with Crippen LogP contribution >= 0.6 is 7.60 Å². The lowest BCUT2D eigenvalue weighted by molar-refractivity contribution is -0.141. The van der Waals surface area contributed by atoms with Gasteiger partial charge in [0.05, 0.1) is 24.0 Å². The second kappa shape index (κ2) is 5.19. The summed E-state index contributed by atoms with van der Waals surface area (Å²) in [5, 5.41) is 7.16. The van der Waals surface area contributed by atoms with E-state index in [2.05, 4.69) is 10.3 Å². The molecule has 2 heterocycles. The molecule has 0 atom stereocenters. The highest BCUT2D eigenvalue weighted by Gasteiger charge is 2.52. The van der Waals surface area contributed by atoms with Crippen molar-refractivity contribution in [2.45, 2.75) is 18.8 Å². The zero-order chi connectivity index (χ0) is 16.8. The van der Waals surface area contributed by atoms with Gasteiger partial charge >= 0.3 is 19.4 Å². The van der Waals surface area contributed by atoms with E-state index >= 15 is 0 Å². The van der Waals surface area contributed by atoms with Crippen molar-refractivity contribution >= 4 is 19.2 Å². The van der Waals surface area contributed by atoms with Gasteiger partial charge in [-0.2, -0.15) is 8.78 Å². The van der Waals surface area contributed by atoms with Crippen LogP contribution in [-0.2, 0) is 28.1 Å². The van der Waals surface area contributed by atoms with Crippen LogP contribution in [0.5, 0.6) is 0 Å². The number of hydrogen-bond donors (Lipinski definition) is 2. The summed E-state index contributed by atoms with van der Waals surface area (Å²) in [5.41, 5.74) is -0.168. The van der Waals surface area contributed by atoms with Crippen LogP contribution in [0.1, 0.15) is 11.3 Å². The lowest BCUT2D eigenvalue weighted by Gasteiger charge is -2.15. The van der Waals surface area contributed by atoms with E-state index in [4.69, 9.17) is 9.79 Å². The van der Waals surface area contributed by atoms with Crippen molar-refractivity contribution in [2.24, 2.45) is 0 Å². The number of anilines is 1. The van der Waals surface area contributed by atoms with Crippen LogP contribution in [0.3, 0.4) is 0 Å². The van der Waals surface area contributed by atoms with Gasteiger partial charge in [-0.15, -0.1) is 5.10 Å². The Morgan fingerprint density at radius 1 is 1.26 bits per heavy atom. The molecule has 122 valence electrons. The Morgan fingerprint density at radius 3 is 2.65 bits per heavy atom. The van der Waals surface area contributed by atoms with Crippen molar-refractivity contribution < 1.29 is 27.9 Å². The molecule has 0 spiro atoms. The van der Waals surface area contributed by atoms with Gasteiger partial charge in [-0.1, -0.05) is 23.4 Å². The average molecular weight is 344 g/mol. The van der Waals surface area contributed by atoms with Crippen molar-refractivity contribution in [1.29, 1.82) is 0 Å². The molecule has 1 aliphatic rings. The predicted molar refractivity (Wildman–Crippen MR) is 73.6 cm³/mol. The fourth-order valence-corrected chi connectivity index (χ4v) is 2.87. The summed E-state index contributed by atoms with van der Waals surface area (Å²) in [7, 11) is -4.34. The van der Waals surface area contributed by atoms with Gasteiger partial charge in [0.1, 0.15) is 12.0 Å². The molecule has 1 aromatic carbocycles. The molecule has 1 aliphatic heterocycles. The molecule has 8 nitrogen and oxygen atoms in total. The third-order valence-corrected chi connectivity index (χ3v) is 3.94. The quantitative estimate of drug-likeness (QED) is 0.803. The van der Waals surface area contributed by atoms with Crippen LogP contribution in [0.4, 0.5) is 14.5 Å². The molecule has 0 saturated carbocycles. The smallest absolute Gasteiger partial charge is 0.323 e. The molecule has 0 unspecified atom stereocenters. The standard InChI is InChI=1S/C12H11F2N4O4P/c13-12(14)9-3-1-2-4-10(9)18(11(12)19)6-8-5-17(16-15-8)7-23(20,21)22/h1-5H,6-7H2,(H2,20,21,22). The van der Waals surface area contributed by atoms with Crippen molar-refractivity contribution in [3.8, 4) is 0 Å². The van der Waals surface area contributed by atoms with Crippen molar-refractivity contribution in [3.05, 3.63) is 41.7 Å². The Hall–Kier alpha value is -2.16. The molecule has 3 rings (SSSR count). The molecule has 2 N–H and O–H groups in total. The van der Waals surface area contributed by atoms with E-state index in [-0.39, 0.29) is 23.5 Å². The number of hydrogen-bond acceptors (Lipinski definition) is 4. The minimum absolute atomic E-state index is 0.0760. The topological polar surface area (TPSA) is 109 Å². The number of carbonyl (C=O) groups excluding carboxylic acids is 1. The van der Waals surface area contributed by atoms with Crippen molar-refractivity contribution in [1.82, 2.24) is 15.0 Å². The second-order valence-electron chi connectivity index (χ2n) is 5.04. The zero-order valence-corrected chi connectivity index (χ0v) is 12.4. The molecule has 11 heteroatoms. The van der Waals surface area contributed by atoms with Gasteiger partial charge < -0.3 is 14.7 Å². The first kappa shape index (κ1) is 15.7. The minimum Gasteiger partial charge on any atom is -0.323 e. The molecule has 1 aromatic heterocycles. The van der Waals surface area contributed by atoms with E-state index in [1.807, 2.05) is 0 Å². The Balaban J connectivity index is 1.87. The highest BCUT2D eigenvalue weighted by molar-refractivity contribution is 7.50. The summed E-state index contributed by atoms with van der Waals surface area (Å²) in [6.07, 6.45) is 0.520. The van der Waals surface area contributed by atoms with E-state index in [0.29, 0.717) is 0 Å². The average Bonchev–Trinajstić information content (AvgIpc) is 2.95. The van der Waals surface area contributed by atoms with E-state index in [1.165, 1.54) is 30.5 Å². The van der Waals surface area contributed by atoms with E-state index in [1.54, 1.807) is 0 Å². The first-order valence-corrected chi connectivity index (χ1v) is 8.21. The molecule has 0 fully saturated rings. The van der Waals surface area contributed by atoms with Gasteiger partial charge in [-0.05, 0) is 6.07 Å². The number of amides is 1. The highest BCUT2D eigenvalue weighted by Crippen LogP contribution is 2.44. The summed E-state index contributed by atoms with van der Waals surface area (Å²) >= 11 is 0. The van der Waals surface area contributed by atoms with Gasteiger partial charge in [-0.25, -0.2) is 4.68 Å². The van der Waals surface area contributed by atoms with E-state index in [0.717, 1.165) is 9.58 Å². The fraction of sp³-hybridized carbons (Fsp3) is 0.250. The number of aromatic nitrogens is 3. The monoisotopic (exact) mass is 344 g/mol. The summed E-state index contributed by atoms with van der Waals surface area (Å²) in [5.74, 6) is -4.98. The summed E-state index contributed by atoms with van der Waals surface area (Å²) < 4.78 is 39.8. The SMILES string of the molecule is O=C1N(Cc2cn(CP(=O)(O)O)nn2)c2ccccc2C1(F)F. The Bertz CT molecular complexity index is 819. The fourth-order valence-electron chi connectivity index (χ4n) is 2.36. The van der Waals surface area contributed by atoms with E-state index < -0.39 is 25.7 Å². The van der Waals surface area contributed by atoms with Crippen molar-refractivity contribution in [3.63, 3.8) is 0 Å². The van der Waals surface area contributed by atoms with Gasteiger partial charge in [-0.3, -0.25) is 9.36 Å². The molecule has 1 amide bonds. The molecule has 0 saturated heterocycles. The van der Waals surface area contributed by atoms with Gasteiger partial charge in [0, 0.05) is 0 Å². The highest BCUT2D eigenvalue weighted by atomic mass is 31.2. The maximum atomic E-state index is 14.0. The number of para-hydroxylation sites is 1. The molecule has 0 bridgehead atoms. The number of halogens is 2. The number of carbonyl (C=O) groups is 1. The van der Waals surface area contributed by atoms with Crippen LogP contribution in [0.2, 0.25) is 0 Å². The van der Waals surface area contributed by atoms with Gasteiger partial charge in [0.2, 0.25) is 0 Å². The van der Waals surface area contributed by atoms with Crippen LogP contribution in [-0.4, -0.2) is 30.7 Å².